The molecule has 0 atom stereocenters. The van der Waals surface area contributed by atoms with E-state index in [2.05, 4.69) is 55.9 Å². The molecule has 0 radical (unpaired) electrons. The summed E-state index contributed by atoms with van der Waals surface area (Å²) in [5.74, 6) is 0. The summed E-state index contributed by atoms with van der Waals surface area (Å²) in [6, 6.07) is 16.5. The molecule has 0 spiro atoms. The molecule has 0 heterocycles. The van der Waals surface area contributed by atoms with Crippen LogP contribution in [0, 0.1) is 0 Å². The average molecular weight is 269 g/mol. The quantitative estimate of drug-likeness (QED) is 0.738. The van der Waals surface area contributed by atoms with E-state index in [1.165, 1.54) is 5.56 Å². The van der Waals surface area contributed by atoms with Gasteiger partial charge in [-0.1, -0.05) is 45.0 Å². The molecular weight excluding hydrogens is 246 g/mol. The molecule has 0 fully saturated rings. The molecule has 4 N–H and O–H groups in total. The highest BCUT2D eigenvalue weighted by Gasteiger charge is 2.12. The highest BCUT2D eigenvalue weighted by Crippen LogP contribution is 2.23. The van der Waals surface area contributed by atoms with E-state index in [1.54, 1.807) is 0 Å². The van der Waals surface area contributed by atoms with Crippen LogP contribution < -0.4 is 16.6 Å². The molecule has 2 aromatic rings. The van der Waals surface area contributed by atoms with E-state index in [0.717, 1.165) is 16.9 Å². The van der Waals surface area contributed by atoms with Gasteiger partial charge >= 0.3 is 0 Å². The van der Waals surface area contributed by atoms with E-state index in [1.807, 2.05) is 24.3 Å². The molecule has 0 aromatic heterocycles. The van der Waals surface area contributed by atoms with Crippen LogP contribution in [0.25, 0.3) is 0 Å². The maximum Gasteiger partial charge on any atom is 0.0540 e. The lowest BCUT2D eigenvalue weighted by atomic mass is 9.87. The van der Waals surface area contributed by atoms with Crippen molar-refractivity contribution in [2.24, 2.45) is 5.73 Å². The smallest absolute Gasteiger partial charge is 0.0540 e. The molecule has 3 heteroatoms. The maximum atomic E-state index is 5.58. The third-order valence-electron chi connectivity index (χ3n) is 3.29. The van der Waals surface area contributed by atoms with Crippen LogP contribution >= 0.6 is 0 Å². The van der Waals surface area contributed by atoms with Gasteiger partial charge in [-0.3, -0.25) is 0 Å². The van der Waals surface area contributed by atoms with Gasteiger partial charge in [0.15, 0.2) is 0 Å². The zero-order valence-electron chi connectivity index (χ0n) is 12.4. The van der Waals surface area contributed by atoms with Crippen molar-refractivity contribution in [3.8, 4) is 0 Å². The molecule has 20 heavy (non-hydrogen) atoms. The van der Waals surface area contributed by atoms with Crippen molar-refractivity contribution in [3.05, 3.63) is 59.7 Å². The monoisotopic (exact) mass is 269 g/mol. The topological polar surface area (TPSA) is 50.1 Å². The number of hydrogen-bond acceptors (Lipinski definition) is 3. The van der Waals surface area contributed by atoms with Crippen molar-refractivity contribution in [2.45, 2.75) is 32.7 Å². The van der Waals surface area contributed by atoms with Crippen LogP contribution in [-0.4, -0.2) is 0 Å². The minimum absolute atomic E-state index is 0.185. The fraction of sp³-hybridized carbons (Fsp3) is 0.294. The number of rotatable bonds is 4. The predicted molar refractivity (Wildman–Crippen MR) is 86.7 cm³/mol. The minimum Gasteiger partial charge on any atom is -0.326 e. The molecule has 0 aliphatic rings. The van der Waals surface area contributed by atoms with Crippen molar-refractivity contribution in [2.75, 3.05) is 10.9 Å². The van der Waals surface area contributed by atoms with E-state index in [-0.39, 0.29) is 5.41 Å². The first-order valence-electron chi connectivity index (χ1n) is 6.90. The van der Waals surface area contributed by atoms with Gasteiger partial charge in [-0.15, -0.1) is 0 Å². The summed E-state index contributed by atoms with van der Waals surface area (Å²) in [5, 5.41) is 0. The van der Waals surface area contributed by atoms with Crippen LogP contribution in [0.1, 0.15) is 31.9 Å². The van der Waals surface area contributed by atoms with E-state index in [9.17, 15) is 0 Å². The Morgan fingerprint density at radius 2 is 1.25 bits per heavy atom. The molecule has 0 saturated heterocycles. The molecule has 0 aliphatic carbocycles. The molecule has 0 saturated carbocycles. The van der Waals surface area contributed by atoms with Crippen LogP contribution in [0.2, 0.25) is 0 Å². The highest BCUT2D eigenvalue weighted by molar-refractivity contribution is 5.53. The van der Waals surface area contributed by atoms with Gasteiger partial charge in [0.05, 0.1) is 11.4 Å². The number of hydrogen-bond donors (Lipinski definition) is 3. The lowest BCUT2D eigenvalue weighted by molar-refractivity contribution is 0.590. The highest BCUT2D eigenvalue weighted by atomic mass is 15.4. The molecule has 0 unspecified atom stereocenters. The fourth-order valence-electron chi connectivity index (χ4n) is 1.92. The SMILES string of the molecule is CC(C)(C)c1ccc(NNc2ccc(CN)cc2)cc1. The summed E-state index contributed by atoms with van der Waals surface area (Å²) in [5.41, 5.74) is 16.7. The van der Waals surface area contributed by atoms with Crippen LogP contribution in [0.4, 0.5) is 11.4 Å². The first-order chi connectivity index (χ1) is 9.49. The Balaban J connectivity index is 1.96. The Morgan fingerprint density at radius 1 is 0.800 bits per heavy atom. The first kappa shape index (κ1) is 14.4. The Hall–Kier alpha value is -2.00. The molecule has 0 amide bonds. The van der Waals surface area contributed by atoms with Crippen molar-refractivity contribution in [3.63, 3.8) is 0 Å². The lowest BCUT2D eigenvalue weighted by Gasteiger charge is -2.19. The average Bonchev–Trinajstić information content (AvgIpc) is 2.45. The molecular formula is C17H23N3. The Labute approximate surface area is 121 Å². The van der Waals surface area contributed by atoms with Crippen molar-refractivity contribution in [1.29, 1.82) is 0 Å². The molecule has 3 nitrogen and oxygen atoms in total. The normalized spacial score (nSPS) is 11.2. The number of nitrogens with two attached hydrogens (primary N) is 1. The van der Waals surface area contributed by atoms with E-state index < -0.39 is 0 Å². The van der Waals surface area contributed by atoms with Crippen molar-refractivity contribution in [1.82, 2.24) is 0 Å². The van der Waals surface area contributed by atoms with Gasteiger partial charge in [0.25, 0.3) is 0 Å². The lowest BCUT2D eigenvalue weighted by Crippen LogP contribution is -2.12. The van der Waals surface area contributed by atoms with Crippen molar-refractivity contribution < 1.29 is 0 Å². The summed E-state index contributed by atoms with van der Waals surface area (Å²) in [4.78, 5) is 0. The zero-order valence-corrected chi connectivity index (χ0v) is 12.4. The molecule has 0 aliphatic heterocycles. The van der Waals surface area contributed by atoms with E-state index in [0.29, 0.717) is 6.54 Å². The van der Waals surface area contributed by atoms with Gasteiger partial charge in [-0.05, 0) is 40.8 Å². The summed E-state index contributed by atoms with van der Waals surface area (Å²) >= 11 is 0. The molecule has 106 valence electrons. The largest absolute Gasteiger partial charge is 0.326 e. The molecule has 2 aromatic carbocycles. The summed E-state index contributed by atoms with van der Waals surface area (Å²) < 4.78 is 0. The predicted octanol–water partition coefficient (Wildman–Crippen LogP) is 3.88. The van der Waals surface area contributed by atoms with Gasteiger partial charge in [0, 0.05) is 6.54 Å². The molecule has 0 bridgehead atoms. The second-order valence-corrected chi connectivity index (χ2v) is 5.98. The maximum absolute atomic E-state index is 5.58. The third kappa shape index (κ3) is 3.75. The van der Waals surface area contributed by atoms with E-state index in [4.69, 9.17) is 5.73 Å². The van der Waals surface area contributed by atoms with E-state index >= 15 is 0 Å². The number of hydrazine groups is 1. The van der Waals surface area contributed by atoms with Gasteiger partial charge in [0.1, 0.15) is 0 Å². The number of anilines is 2. The van der Waals surface area contributed by atoms with Crippen LogP contribution in [0.15, 0.2) is 48.5 Å². The third-order valence-corrected chi connectivity index (χ3v) is 3.29. The van der Waals surface area contributed by atoms with Gasteiger partial charge in [0.2, 0.25) is 0 Å². The second-order valence-electron chi connectivity index (χ2n) is 5.98. The Kier molecular flexibility index (Phi) is 4.30. The summed E-state index contributed by atoms with van der Waals surface area (Å²) in [7, 11) is 0. The van der Waals surface area contributed by atoms with Crippen LogP contribution in [0.5, 0.6) is 0 Å². The van der Waals surface area contributed by atoms with Crippen LogP contribution in [0.3, 0.4) is 0 Å². The number of benzene rings is 2. The van der Waals surface area contributed by atoms with Crippen molar-refractivity contribution >= 4 is 11.4 Å². The minimum atomic E-state index is 0.185. The first-order valence-corrected chi connectivity index (χ1v) is 6.90. The Morgan fingerprint density at radius 3 is 1.65 bits per heavy atom. The number of nitrogens with one attached hydrogen (secondary N) is 2. The summed E-state index contributed by atoms with van der Waals surface area (Å²) in [6.45, 7) is 7.22. The zero-order chi connectivity index (χ0) is 14.6. The van der Waals surface area contributed by atoms with Crippen LogP contribution in [-0.2, 0) is 12.0 Å². The van der Waals surface area contributed by atoms with Gasteiger partial charge < -0.3 is 16.6 Å². The Bertz CT molecular complexity index is 536. The fourth-order valence-corrected chi connectivity index (χ4v) is 1.92. The summed E-state index contributed by atoms with van der Waals surface area (Å²) in [6.07, 6.45) is 0. The van der Waals surface area contributed by atoms with Gasteiger partial charge in [-0.2, -0.15) is 0 Å². The molecule has 2 rings (SSSR count). The van der Waals surface area contributed by atoms with Gasteiger partial charge in [-0.25, -0.2) is 0 Å². The second kappa shape index (κ2) is 5.97. The standard InChI is InChI=1S/C17H23N3/c1-17(2,3)14-6-10-16(11-7-14)20-19-15-8-4-13(12-18)5-9-15/h4-11,19-20H,12,18H2,1-3H3.